The first-order valence-electron chi connectivity index (χ1n) is 7.10. The third kappa shape index (κ3) is 4.35. The number of carbonyl (C=O) groups excluding carboxylic acids is 1. The van der Waals surface area contributed by atoms with Gasteiger partial charge in [0.15, 0.2) is 6.61 Å². The van der Waals surface area contributed by atoms with Gasteiger partial charge in [-0.3, -0.25) is 4.79 Å². The second-order valence-corrected chi connectivity index (χ2v) is 5.25. The lowest BCUT2D eigenvalue weighted by molar-refractivity contribution is -0.123. The minimum absolute atomic E-state index is 0.0270. The summed E-state index contributed by atoms with van der Waals surface area (Å²) in [6, 6.07) is 15.6. The van der Waals surface area contributed by atoms with Crippen molar-refractivity contribution >= 4 is 5.91 Å². The van der Waals surface area contributed by atoms with Crippen molar-refractivity contribution < 1.29 is 9.53 Å². The minimum Gasteiger partial charge on any atom is -0.484 e. The number of ether oxygens (including phenoxy) is 1. The average molecular weight is 283 g/mol. The molecule has 0 heterocycles. The number of benzene rings is 2. The molecule has 2 aromatic carbocycles. The molecule has 21 heavy (non-hydrogen) atoms. The number of rotatable bonds is 5. The molecule has 1 amide bonds. The van der Waals surface area contributed by atoms with Gasteiger partial charge in [-0.2, -0.15) is 0 Å². The van der Waals surface area contributed by atoms with Gasteiger partial charge in [0.25, 0.3) is 5.91 Å². The molecular formula is C18H21NO2. The molecule has 0 aromatic heterocycles. The molecule has 0 aliphatic carbocycles. The van der Waals surface area contributed by atoms with E-state index in [0.29, 0.717) is 5.75 Å². The zero-order valence-electron chi connectivity index (χ0n) is 12.7. The van der Waals surface area contributed by atoms with Gasteiger partial charge in [-0.15, -0.1) is 0 Å². The van der Waals surface area contributed by atoms with Crippen LogP contribution in [-0.2, 0) is 4.79 Å². The van der Waals surface area contributed by atoms with Crippen LogP contribution in [0.4, 0.5) is 0 Å². The van der Waals surface area contributed by atoms with Crippen LogP contribution in [0.3, 0.4) is 0 Å². The maximum atomic E-state index is 12.0. The van der Waals surface area contributed by atoms with Crippen LogP contribution >= 0.6 is 0 Å². The molecule has 0 unspecified atom stereocenters. The van der Waals surface area contributed by atoms with E-state index in [1.165, 1.54) is 11.1 Å². The number of carbonyl (C=O) groups is 1. The molecule has 0 fully saturated rings. The second-order valence-electron chi connectivity index (χ2n) is 5.25. The number of para-hydroxylation sites is 1. The van der Waals surface area contributed by atoms with Crippen LogP contribution in [0.2, 0.25) is 0 Å². The van der Waals surface area contributed by atoms with Gasteiger partial charge in [-0.25, -0.2) is 0 Å². The molecule has 0 aliphatic rings. The van der Waals surface area contributed by atoms with E-state index in [-0.39, 0.29) is 18.6 Å². The lowest BCUT2D eigenvalue weighted by atomic mass is 10.00. The predicted octanol–water partition coefficient (Wildman–Crippen LogP) is 3.56. The topological polar surface area (TPSA) is 38.3 Å². The van der Waals surface area contributed by atoms with Crippen molar-refractivity contribution in [1.29, 1.82) is 0 Å². The molecule has 0 aliphatic heterocycles. The molecule has 2 rings (SSSR count). The average Bonchev–Trinajstić information content (AvgIpc) is 2.48. The molecule has 0 saturated carbocycles. The minimum atomic E-state index is -0.118. The summed E-state index contributed by atoms with van der Waals surface area (Å²) in [5.74, 6) is 0.583. The van der Waals surface area contributed by atoms with Gasteiger partial charge in [0.1, 0.15) is 5.75 Å². The lowest BCUT2D eigenvalue weighted by Gasteiger charge is -2.17. The fraction of sp³-hybridized carbons (Fsp3) is 0.278. The van der Waals surface area contributed by atoms with Crippen LogP contribution in [0, 0.1) is 13.8 Å². The second kappa shape index (κ2) is 6.93. The van der Waals surface area contributed by atoms with Crippen molar-refractivity contribution in [2.75, 3.05) is 6.61 Å². The third-order valence-electron chi connectivity index (χ3n) is 3.39. The van der Waals surface area contributed by atoms with E-state index in [4.69, 9.17) is 4.74 Å². The normalized spacial score (nSPS) is 11.8. The van der Waals surface area contributed by atoms with Crippen LogP contribution in [0.15, 0.2) is 48.5 Å². The van der Waals surface area contributed by atoms with E-state index in [0.717, 1.165) is 5.56 Å². The van der Waals surface area contributed by atoms with Gasteiger partial charge in [0.05, 0.1) is 6.04 Å². The summed E-state index contributed by atoms with van der Waals surface area (Å²) < 4.78 is 5.45. The number of hydrogen-bond acceptors (Lipinski definition) is 2. The Kier molecular flexibility index (Phi) is 4.99. The highest BCUT2D eigenvalue weighted by Gasteiger charge is 2.12. The van der Waals surface area contributed by atoms with E-state index in [2.05, 4.69) is 37.4 Å². The highest BCUT2D eigenvalue weighted by molar-refractivity contribution is 5.78. The largest absolute Gasteiger partial charge is 0.484 e. The monoisotopic (exact) mass is 283 g/mol. The lowest BCUT2D eigenvalue weighted by Crippen LogP contribution is -2.31. The van der Waals surface area contributed by atoms with E-state index in [1.807, 2.05) is 37.3 Å². The summed E-state index contributed by atoms with van der Waals surface area (Å²) in [4.78, 5) is 12.0. The first-order chi connectivity index (χ1) is 10.1. The van der Waals surface area contributed by atoms with Crippen LogP contribution in [0.25, 0.3) is 0 Å². The van der Waals surface area contributed by atoms with Gasteiger partial charge in [-0.05, 0) is 44.0 Å². The van der Waals surface area contributed by atoms with E-state index < -0.39 is 0 Å². The Labute approximate surface area is 126 Å². The molecule has 3 nitrogen and oxygen atoms in total. The Morgan fingerprint density at radius 1 is 1.14 bits per heavy atom. The first-order valence-corrected chi connectivity index (χ1v) is 7.10. The molecule has 1 N–H and O–H groups in total. The molecule has 2 aromatic rings. The van der Waals surface area contributed by atoms with Crippen LogP contribution in [-0.4, -0.2) is 12.5 Å². The quantitative estimate of drug-likeness (QED) is 0.911. The summed E-state index contributed by atoms with van der Waals surface area (Å²) in [6.45, 7) is 6.12. The first kappa shape index (κ1) is 15.1. The smallest absolute Gasteiger partial charge is 0.258 e. The van der Waals surface area contributed by atoms with Crippen molar-refractivity contribution in [1.82, 2.24) is 5.32 Å². The van der Waals surface area contributed by atoms with Gasteiger partial charge >= 0.3 is 0 Å². The van der Waals surface area contributed by atoms with Gasteiger partial charge in [0, 0.05) is 0 Å². The van der Waals surface area contributed by atoms with Gasteiger partial charge in [0.2, 0.25) is 0 Å². The zero-order valence-corrected chi connectivity index (χ0v) is 12.7. The van der Waals surface area contributed by atoms with Crippen LogP contribution in [0.1, 0.15) is 29.7 Å². The van der Waals surface area contributed by atoms with E-state index in [1.54, 1.807) is 0 Å². The van der Waals surface area contributed by atoms with Crippen molar-refractivity contribution in [3.63, 3.8) is 0 Å². The Bertz CT molecular complexity index is 608. The third-order valence-corrected chi connectivity index (χ3v) is 3.39. The maximum absolute atomic E-state index is 12.0. The summed E-state index contributed by atoms with van der Waals surface area (Å²) in [5, 5.41) is 2.97. The van der Waals surface area contributed by atoms with Crippen molar-refractivity contribution in [3.8, 4) is 5.75 Å². The molecule has 0 radical (unpaired) electrons. The zero-order chi connectivity index (χ0) is 15.2. The number of hydrogen-bond donors (Lipinski definition) is 1. The number of nitrogens with one attached hydrogen (secondary N) is 1. The Hall–Kier alpha value is -2.29. The van der Waals surface area contributed by atoms with Crippen molar-refractivity contribution in [2.24, 2.45) is 0 Å². The maximum Gasteiger partial charge on any atom is 0.258 e. The molecule has 0 spiro atoms. The van der Waals surface area contributed by atoms with Gasteiger partial charge < -0.3 is 10.1 Å². The molecular weight excluding hydrogens is 262 g/mol. The van der Waals surface area contributed by atoms with E-state index >= 15 is 0 Å². The highest BCUT2D eigenvalue weighted by Crippen LogP contribution is 2.18. The summed E-state index contributed by atoms with van der Waals surface area (Å²) in [7, 11) is 0. The Balaban J connectivity index is 1.91. The fourth-order valence-corrected chi connectivity index (χ4v) is 2.25. The summed E-state index contributed by atoms with van der Waals surface area (Å²) >= 11 is 0. The van der Waals surface area contributed by atoms with Crippen molar-refractivity contribution in [3.05, 3.63) is 65.2 Å². The predicted molar refractivity (Wildman–Crippen MR) is 84.4 cm³/mol. The standard InChI is InChI=1S/C18H21NO2/c1-13-9-10-14(2)17(11-13)15(3)19-18(20)12-21-16-7-5-4-6-8-16/h4-11,15H,12H2,1-3H3,(H,19,20)/t15-/m1/s1. The fourth-order valence-electron chi connectivity index (χ4n) is 2.25. The van der Waals surface area contributed by atoms with Crippen LogP contribution < -0.4 is 10.1 Å². The number of amides is 1. The van der Waals surface area contributed by atoms with E-state index in [9.17, 15) is 4.79 Å². The highest BCUT2D eigenvalue weighted by atomic mass is 16.5. The Morgan fingerprint density at radius 2 is 1.86 bits per heavy atom. The Morgan fingerprint density at radius 3 is 2.57 bits per heavy atom. The summed E-state index contributed by atoms with van der Waals surface area (Å²) in [5.41, 5.74) is 3.51. The summed E-state index contributed by atoms with van der Waals surface area (Å²) in [6.07, 6.45) is 0. The molecule has 1 atom stereocenters. The molecule has 3 heteroatoms. The van der Waals surface area contributed by atoms with Gasteiger partial charge in [-0.1, -0.05) is 42.0 Å². The van der Waals surface area contributed by atoms with Crippen molar-refractivity contribution in [2.45, 2.75) is 26.8 Å². The molecule has 0 bridgehead atoms. The molecule has 0 saturated heterocycles. The SMILES string of the molecule is Cc1ccc(C)c([C@@H](C)NC(=O)COc2ccccc2)c1. The van der Waals surface area contributed by atoms with Crippen LogP contribution in [0.5, 0.6) is 5.75 Å². The molecule has 110 valence electrons. The number of aryl methyl sites for hydroxylation is 2.